The van der Waals surface area contributed by atoms with Crippen molar-refractivity contribution < 1.29 is 14.7 Å². The van der Waals surface area contributed by atoms with Gasteiger partial charge in [0.25, 0.3) is 0 Å². The molecule has 0 radical (unpaired) electrons. The number of amides is 2. The molecule has 7 nitrogen and oxygen atoms in total. The van der Waals surface area contributed by atoms with Gasteiger partial charge in [-0.1, -0.05) is 0 Å². The molecule has 0 atom stereocenters. The fraction of sp³-hybridized carbons (Fsp3) is 0.444. The van der Waals surface area contributed by atoms with Crippen molar-refractivity contribution in [1.29, 1.82) is 0 Å². The van der Waals surface area contributed by atoms with Gasteiger partial charge in [0.05, 0.1) is 6.42 Å². The number of carbonyl (C=O) groups is 2. The average molecular weight is 226 g/mol. The van der Waals surface area contributed by atoms with Crippen LogP contribution >= 0.6 is 0 Å². The topological polar surface area (TPSA) is 96.2 Å². The molecule has 2 amide bonds. The first-order valence-electron chi connectivity index (χ1n) is 4.76. The molecule has 0 aliphatic rings. The van der Waals surface area contributed by atoms with Gasteiger partial charge in [0, 0.05) is 25.4 Å². The summed E-state index contributed by atoms with van der Waals surface area (Å²) >= 11 is 0. The molecule has 0 bridgehead atoms. The Morgan fingerprint density at radius 3 is 2.75 bits per heavy atom. The molecule has 0 saturated carbocycles. The van der Waals surface area contributed by atoms with Gasteiger partial charge < -0.3 is 10.4 Å². The number of hydrogen-bond acceptors (Lipinski definition) is 3. The van der Waals surface area contributed by atoms with Crippen molar-refractivity contribution in [2.45, 2.75) is 13.3 Å². The maximum atomic E-state index is 11.3. The summed E-state index contributed by atoms with van der Waals surface area (Å²) in [5.74, 6) is -0.512. The lowest BCUT2D eigenvalue weighted by molar-refractivity contribution is -0.136. The molecule has 0 aromatic carbocycles. The Bertz CT molecular complexity index is 380. The van der Waals surface area contributed by atoms with Gasteiger partial charge in [-0.05, 0) is 6.92 Å². The third-order valence-corrected chi connectivity index (χ3v) is 1.98. The fourth-order valence-corrected chi connectivity index (χ4v) is 1.07. The van der Waals surface area contributed by atoms with E-state index in [1.54, 1.807) is 17.8 Å². The summed E-state index contributed by atoms with van der Waals surface area (Å²) in [6.07, 6.45) is -0.103. The number of nitrogens with one attached hydrogen (secondary N) is 2. The number of aromatic nitrogens is 2. The Balaban J connectivity index is 2.37. The quantitative estimate of drug-likeness (QED) is 0.689. The van der Waals surface area contributed by atoms with Gasteiger partial charge >= 0.3 is 12.0 Å². The number of nitrogens with zero attached hydrogens (tertiary/aromatic N) is 2. The lowest BCUT2D eigenvalue weighted by Gasteiger charge is -2.03. The zero-order valence-corrected chi connectivity index (χ0v) is 9.15. The SMILES string of the molecule is Cc1cc(NC(=O)NCCC(=O)O)nn1C. The van der Waals surface area contributed by atoms with Gasteiger partial charge in [0.1, 0.15) is 0 Å². The van der Waals surface area contributed by atoms with Crippen LogP contribution in [0.4, 0.5) is 10.6 Å². The van der Waals surface area contributed by atoms with Crippen LogP contribution in [-0.2, 0) is 11.8 Å². The first kappa shape index (κ1) is 12.0. The van der Waals surface area contributed by atoms with E-state index in [1.165, 1.54) is 0 Å². The van der Waals surface area contributed by atoms with Crippen molar-refractivity contribution in [3.63, 3.8) is 0 Å². The summed E-state index contributed by atoms with van der Waals surface area (Å²) in [4.78, 5) is 21.4. The number of carbonyl (C=O) groups excluding carboxylic acids is 1. The van der Waals surface area contributed by atoms with Crippen LogP contribution in [0.15, 0.2) is 6.07 Å². The Kier molecular flexibility index (Phi) is 3.87. The van der Waals surface area contributed by atoms with Crippen LogP contribution < -0.4 is 10.6 Å². The zero-order chi connectivity index (χ0) is 12.1. The molecule has 0 spiro atoms. The van der Waals surface area contributed by atoms with Crippen molar-refractivity contribution in [2.75, 3.05) is 11.9 Å². The molecule has 0 aliphatic heterocycles. The van der Waals surface area contributed by atoms with Crippen LogP contribution in [0, 0.1) is 6.92 Å². The first-order valence-corrected chi connectivity index (χ1v) is 4.76. The molecule has 0 fully saturated rings. The van der Waals surface area contributed by atoms with Crippen molar-refractivity contribution >= 4 is 17.8 Å². The second kappa shape index (κ2) is 5.15. The van der Waals surface area contributed by atoms with Crippen LogP contribution in [-0.4, -0.2) is 33.4 Å². The van der Waals surface area contributed by atoms with E-state index in [-0.39, 0.29) is 13.0 Å². The minimum atomic E-state index is -0.950. The number of carboxylic acid groups (broad SMARTS) is 1. The summed E-state index contributed by atoms with van der Waals surface area (Å²) < 4.78 is 1.63. The van der Waals surface area contributed by atoms with Crippen molar-refractivity contribution in [3.05, 3.63) is 11.8 Å². The first-order chi connectivity index (χ1) is 7.49. The van der Waals surface area contributed by atoms with Gasteiger partial charge in [-0.2, -0.15) is 5.10 Å². The summed E-state index contributed by atoms with van der Waals surface area (Å²) in [6, 6.07) is 1.26. The summed E-state index contributed by atoms with van der Waals surface area (Å²) in [5.41, 5.74) is 0.917. The maximum absolute atomic E-state index is 11.3. The molecule has 0 saturated heterocycles. The lowest BCUT2D eigenvalue weighted by Crippen LogP contribution is -2.30. The Morgan fingerprint density at radius 2 is 2.25 bits per heavy atom. The second-order valence-electron chi connectivity index (χ2n) is 3.32. The average Bonchev–Trinajstić information content (AvgIpc) is 2.44. The smallest absolute Gasteiger partial charge is 0.320 e. The van der Waals surface area contributed by atoms with Gasteiger partial charge in [-0.3, -0.25) is 14.8 Å². The van der Waals surface area contributed by atoms with Gasteiger partial charge in [-0.25, -0.2) is 4.79 Å². The number of rotatable bonds is 4. The predicted molar refractivity (Wildman–Crippen MR) is 57.2 cm³/mol. The minimum absolute atomic E-state index is 0.0903. The fourth-order valence-electron chi connectivity index (χ4n) is 1.07. The van der Waals surface area contributed by atoms with Crippen LogP contribution in [0.25, 0.3) is 0 Å². The molecule has 3 N–H and O–H groups in total. The molecular formula is C9H14N4O3. The van der Waals surface area contributed by atoms with Gasteiger partial charge in [0.2, 0.25) is 0 Å². The normalized spacial score (nSPS) is 9.88. The van der Waals surface area contributed by atoms with Crippen molar-refractivity contribution in [3.8, 4) is 0 Å². The number of carboxylic acids is 1. The van der Waals surface area contributed by atoms with Crippen molar-refractivity contribution in [2.24, 2.45) is 7.05 Å². The zero-order valence-electron chi connectivity index (χ0n) is 9.15. The molecule has 16 heavy (non-hydrogen) atoms. The Morgan fingerprint density at radius 1 is 1.56 bits per heavy atom. The number of urea groups is 1. The third kappa shape index (κ3) is 3.60. The molecule has 7 heteroatoms. The highest BCUT2D eigenvalue weighted by atomic mass is 16.4. The molecule has 1 aromatic heterocycles. The number of hydrogen-bond donors (Lipinski definition) is 3. The Labute approximate surface area is 92.4 Å². The van der Waals surface area contributed by atoms with E-state index in [1.807, 2.05) is 6.92 Å². The molecule has 1 heterocycles. The van der Waals surface area contributed by atoms with E-state index in [0.29, 0.717) is 5.82 Å². The summed E-state index contributed by atoms with van der Waals surface area (Å²) in [7, 11) is 1.77. The predicted octanol–water partition coefficient (Wildman–Crippen LogP) is 0.325. The molecule has 1 aromatic rings. The van der Waals surface area contributed by atoms with E-state index in [4.69, 9.17) is 5.11 Å². The van der Waals surface area contributed by atoms with Crippen LogP contribution in [0.3, 0.4) is 0 Å². The molecule has 1 rings (SSSR count). The third-order valence-electron chi connectivity index (χ3n) is 1.98. The molecule has 88 valence electrons. The Hall–Kier alpha value is -2.05. The highest BCUT2D eigenvalue weighted by Crippen LogP contribution is 2.05. The summed E-state index contributed by atoms with van der Waals surface area (Å²) in [6.45, 7) is 1.95. The van der Waals surface area contributed by atoms with E-state index < -0.39 is 12.0 Å². The highest BCUT2D eigenvalue weighted by Gasteiger charge is 2.06. The van der Waals surface area contributed by atoms with Gasteiger partial charge in [-0.15, -0.1) is 0 Å². The largest absolute Gasteiger partial charge is 0.481 e. The van der Waals surface area contributed by atoms with E-state index in [2.05, 4.69) is 15.7 Å². The molecule has 0 aliphatic carbocycles. The second-order valence-corrected chi connectivity index (χ2v) is 3.32. The summed E-state index contributed by atoms with van der Waals surface area (Å²) in [5, 5.41) is 17.3. The van der Waals surface area contributed by atoms with Crippen molar-refractivity contribution in [1.82, 2.24) is 15.1 Å². The lowest BCUT2D eigenvalue weighted by atomic mass is 10.4. The molecular weight excluding hydrogens is 212 g/mol. The van der Waals surface area contributed by atoms with E-state index in [9.17, 15) is 9.59 Å². The van der Waals surface area contributed by atoms with E-state index in [0.717, 1.165) is 5.69 Å². The monoisotopic (exact) mass is 226 g/mol. The standard InChI is InChI=1S/C9H14N4O3/c1-6-5-7(12-13(6)2)11-9(16)10-4-3-8(14)15/h5H,3-4H2,1-2H3,(H,14,15)(H2,10,11,12,16). The maximum Gasteiger partial charge on any atom is 0.320 e. The van der Waals surface area contributed by atoms with Crippen LogP contribution in [0.2, 0.25) is 0 Å². The number of anilines is 1. The number of aryl methyl sites for hydroxylation is 2. The van der Waals surface area contributed by atoms with Gasteiger partial charge in [0.15, 0.2) is 5.82 Å². The number of aliphatic carboxylic acids is 1. The van der Waals surface area contributed by atoms with Crippen LogP contribution in [0.1, 0.15) is 12.1 Å². The van der Waals surface area contributed by atoms with Crippen LogP contribution in [0.5, 0.6) is 0 Å². The van der Waals surface area contributed by atoms with E-state index >= 15 is 0 Å². The minimum Gasteiger partial charge on any atom is -0.481 e. The molecule has 0 unspecified atom stereocenters. The highest BCUT2D eigenvalue weighted by molar-refractivity contribution is 5.88.